The Balaban J connectivity index is 2.50. The first kappa shape index (κ1) is 20.3. The van der Waals surface area contributed by atoms with Gasteiger partial charge >= 0.3 is 5.69 Å². The number of rotatable bonds is 7. The van der Waals surface area contributed by atoms with Crippen LogP contribution in [0, 0.1) is 23.2 Å². The summed E-state index contributed by atoms with van der Waals surface area (Å²) in [7, 11) is 0. The van der Waals surface area contributed by atoms with Crippen molar-refractivity contribution < 1.29 is 0 Å². The topological polar surface area (TPSA) is 108 Å². The molecular formula is C20H27N5O2. The number of H-pyrrole nitrogens is 1. The molecule has 2 aromatic rings. The predicted octanol–water partition coefficient (Wildman–Crippen LogP) is 2.31. The summed E-state index contributed by atoms with van der Waals surface area (Å²) in [5.74, 6) is 0.681. The zero-order chi connectivity index (χ0) is 20.1. The first-order valence-electron chi connectivity index (χ1n) is 9.09. The van der Waals surface area contributed by atoms with E-state index in [0.29, 0.717) is 30.9 Å². The molecule has 0 atom stereocenters. The van der Waals surface area contributed by atoms with E-state index in [1.807, 2.05) is 30.9 Å². The number of aromatic amines is 1. The lowest BCUT2D eigenvalue weighted by atomic mass is 10.1. The molecule has 0 unspecified atom stereocenters. The van der Waals surface area contributed by atoms with Crippen molar-refractivity contribution in [2.24, 2.45) is 11.8 Å². The number of nitrogens with two attached hydrogens (primary N) is 1. The third-order valence-corrected chi connectivity index (χ3v) is 4.12. The summed E-state index contributed by atoms with van der Waals surface area (Å²) in [5, 5.41) is 8.95. The van der Waals surface area contributed by atoms with Crippen molar-refractivity contribution in [1.82, 2.24) is 9.55 Å². The number of anilines is 2. The van der Waals surface area contributed by atoms with Crippen LogP contribution in [0.15, 0.2) is 33.9 Å². The molecular weight excluding hydrogens is 342 g/mol. The first-order chi connectivity index (χ1) is 12.7. The first-order valence-corrected chi connectivity index (χ1v) is 9.09. The monoisotopic (exact) mass is 369 g/mol. The van der Waals surface area contributed by atoms with Crippen molar-refractivity contribution in [3.05, 3.63) is 56.2 Å². The molecule has 2 rings (SSSR count). The van der Waals surface area contributed by atoms with Crippen molar-refractivity contribution in [3.63, 3.8) is 0 Å². The third kappa shape index (κ3) is 5.00. The van der Waals surface area contributed by atoms with E-state index in [1.165, 1.54) is 4.57 Å². The zero-order valence-corrected chi connectivity index (χ0v) is 16.3. The Kier molecular flexibility index (Phi) is 6.45. The zero-order valence-electron chi connectivity index (χ0n) is 16.3. The van der Waals surface area contributed by atoms with Crippen LogP contribution >= 0.6 is 0 Å². The van der Waals surface area contributed by atoms with Crippen LogP contribution < -0.4 is 21.9 Å². The maximum absolute atomic E-state index is 12.6. The van der Waals surface area contributed by atoms with Gasteiger partial charge in [-0.15, -0.1) is 0 Å². The summed E-state index contributed by atoms with van der Waals surface area (Å²) >= 11 is 0. The highest BCUT2D eigenvalue weighted by molar-refractivity contribution is 5.62. The van der Waals surface area contributed by atoms with E-state index in [4.69, 9.17) is 11.0 Å². The second-order valence-corrected chi connectivity index (χ2v) is 7.58. The van der Waals surface area contributed by atoms with Gasteiger partial charge in [0.1, 0.15) is 11.5 Å². The van der Waals surface area contributed by atoms with Crippen LogP contribution in [0.25, 0.3) is 0 Å². The van der Waals surface area contributed by atoms with Gasteiger partial charge in [-0.2, -0.15) is 5.26 Å². The number of hydrogen-bond donors (Lipinski definition) is 2. The van der Waals surface area contributed by atoms with Crippen LogP contribution in [0.1, 0.15) is 38.8 Å². The van der Waals surface area contributed by atoms with Gasteiger partial charge in [0.25, 0.3) is 5.56 Å². The number of aromatic nitrogens is 2. The molecule has 3 N–H and O–H groups in total. The fraction of sp³-hybridized carbons (Fsp3) is 0.450. The fourth-order valence-corrected chi connectivity index (χ4v) is 3.01. The Morgan fingerprint density at radius 1 is 1.15 bits per heavy atom. The number of benzene rings is 1. The highest BCUT2D eigenvalue weighted by Gasteiger charge is 2.20. The number of nitrogen functional groups attached to an aromatic ring is 1. The van der Waals surface area contributed by atoms with Crippen LogP contribution in [0.3, 0.4) is 0 Å². The van der Waals surface area contributed by atoms with Gasteiger partial charge in [-0.25, -0.2) is 4.79 Å². The number of nitriles is 1. The molecule has 0 bridgehead atoms. The quantitative estimate of drug-likeness (QED) is 0.778. The molecule has 1 aromatic heterocycles. The predicted molar refractivity (Wildman–Crippen MR) is 108 cm³/mol. The van der Waals surface area contributed by atoms with Gasteiger partial charge in [0, 0.05) is 19.6 Å². The molecule has 0 saturated heterocycles. The smallest absolute Gasteiger partial charge is 0.330 e. The Hall–Kier alpha value is -3.01. The molecule has 0 fully saturated rings. The lowest BCUT2D eigenvalue weighted by molar-refractivity contribution is 0.505. The molecule has 0 aliphatic heterocycles. The molecule has 0 saturated carbocycles. The summed E-state index contributed by atoms with van der Waals surface area (Å²) in [6.45, 7) is 9.57. The lowest BCUT2D eigenvalue weighted by Gasteiger charge is -2.28. The van der Waals surface area contributed by atoms with Gasteiger partial charge in [0.15, 0.2) is 0 Å². The molecule has 1 aromatic carbocycles. The van der Waals surface area contributed by atoms with Crippen LogP contribution in [0.2, 0.25) is 0 Å². The van der Waals surface area contributed by atoms with E-state index in [0.717, 1.165) is 5.56 Å². The molecule has 144 valence electrons. The molecule has 0 aliphatic carbocycles. The second-order valence-electron chi connectivity index (χ2n) is 7.58. The molecule has 0 aliphatic rings. The van der Waals surface area contributed by atoms with Crippen LogP contribution in [-0.4, -0.2) is 16.1 Å². The number of nitrogens with zero attached hydrogens (tertiary/aromatic N) is 3. The molecule has 0 spiro atoms. The van der Waals surface area contributed by atoms with Crippen LogP contribution in [0.5, 0.6) is 0 Å². The maximum Gasteiger partial charge on any atom is 0.330 e. The summed E-state index contributed by atoms with van der Waals surface area (Å²) in [6, 6.07) is 9.31. The highest BCUT2D eigenvalue weighted by Crippen LogP contribution is 2.21. The minimum absolute atomic E-state index is 0.187. The van der Waals surface area contributed by atoms with Gasteiger partial charge in [-0.05, 0) is 29.5 Å². The number of nitrogens with one attached hydrogen (secondary N) is 1. The van der Waals surface area contributed by atoms with E-state index in [-0.39, 0.29) is 17.7 Å². The summed E-state index contributed by atoms with van der Waals surface area (Å²) < 4.78 is 1.42. The standard InChI is InChI=1S/C20H27N5O2/c1-13(2)10-24(12-16-7-5-15(9-21)6-8-16)17-18(22)25(11-14(3)4)20(27)23-19(17)26/h5-8,13-14H,10-12,22H2,1-4H3,(H,23,26,27). The normalized spacial score (nSPS) is 11.0. The Morgan fingerprint density at radius 2 is 1.78 bits per heavy atom. The summed E-state index contributed by atoms with van der Waals surface area (Å²) in [5.41, 5.74) is 7.15. The number of hydrogen-bond acceptors (Lipinski definition) is 5. The SMILES string of the molecule is CC(C)CN(Cc1ccc(C#N)cc1)c1c(N)n(CC(C)C)c(=O)[nH]c1=O. The van der Waals surface area contributed by atoms with Gasteiger partial charge in [-0.1, -0.05) is 39.8 Å². The van der Waals surface area contributed by atoms with Crippen LogP contribution in [-0.2, 0) is 13.1 Å². The minimum Gasteiger partial charge on any atom is -0.383 e. The lowest BCUT2D eigenvalue weighted by Crippen LogP contribution is -2.40. The van der Waals surface area contributed by atoms with Crippen molar-refractivity contribution in [2.45, 2.75) is 40.8 Å². The molecule has 0 radical (unpaired) electrons. The summed E-state index contributed by atoms with van der Waals surface area (Å²) in [4.78, 5) is 29.1. The van der Waals surface area contributed by atoms with E-state index >= 15 is 0 Å². The third-order valence-electron chi connectivity index (χ3n) is 4.12. The van der Waals surface area contributed by atoms with Crippen LogP contribution in [0.4, 0.5) is 11.5 Å². The second kappa shape index (κ2) is 8.58. The fourth-order valence-electron chi connectivity index (χ4n) is 3.01. The minimum atomic E-state index is -0.488. The largest absolute Gasteiger partial charge is 0.383 e. The van der Waals surface area contributed by atoms with Crippen molar-refractivity contribution >= 4 is 11.5 Å². The van der Waals surface area contributed by atoms with E-state index in [1.54, 1.807) is 12.1 Å². The Morgan fingerprint density at radius 3 is 2.30 bits per heavy atom. The van der Waals surface area contributed by atoms with Crippen molar-refractivity contribution in [3.8, 4) is 6.07 Å². The van der Waals surface area contributed by atoms with Gasteiger partial charge < -0.3 is 10.6 Å². The van der Waals surface area contributed by atoms with E-state index < -0.39 is 11.2 Å². The average molecular weight is 369 g/mol. The average Bonchev–Trinajstić information content (AvgIpc) is 2.58. The van der Waals surface area contributed by atoms with Gasteiger partial charge in [0.05, 0.1) is 11.6 Å². The van der Waals surface area contributed by atoms with Gasteiger partial charge in [-0.3, -0.25) is 14.3 Å². The van der Waals surface area contributed by atoms with E-state index in [2.05, 4.69) is 24.9 Å². The highest BCUT2D eigenvalue weighted by atomic mass is 16.2. The Bertz CT molecular complexity index is 933. The summed E-state index contributed by atoms with van der Waals surface area (Å²) in [6.07, 6.45) is 0. The molecule has 0 amide bonds. The van der Waals surface area contributed by atoms with Gasteiger partial charge in [0.2, 0.25) is 0 Å². The molecule has 7 nitrogen and oxygen atoms in total. The molecule has 7 heteroatoms. The maximum atomic E-state index is 12.6. The molecule has 1 heterocycles. The van der Waals surface area contributed by atoms with E-state index in [9.17, 15) is 9.59 Å². The van der Waals surface area contributed by atoms with Crippen molar-refractivity contribution in [2.75, 3.05) is 17.2 Å². The Labute approximate surface area is 159 Å². The molecule has 27 heavy (non-hydrogen) atoms. The van der Waals surface area contributed by atoms with Crippen molar-refractivity contribution in [1.29, 1.82) is 5.26 Å².